The third-order valence-electron chi connectivity index (χ3n) is 14.4. The van der Waals surface area contributed by atoms with Gasteiger partial charge in [-0.2, -0.15) is 5.10 Å². The van der Waals surface area contributed by atoms with Crippen LogP contribution in [0.1, 0.15) is 138 Å². The van der Waals surface area contributed by atoms with Crippen LogP contribution in [0.2, 0.25) is 0 Å². The molecule has 2 heterocycles. The maximum absolute atomic E-state index is 14.5. The molecule has 0 radical (unpaired) electrons. The number of nitrogens with one attached hydrogen (secondary N) is 3. The number of unbranched alkanes of at least 4 members (excludes halogenated alkanes) is 2. The predicted molar refractivity (Wildman–Crippen MR) is 283 cm³/mol. The summed E-state index contributed by atoms with van der Waals surface area (Å²) in [6, 6.07) is 6.27. The zero-order chi connectivity index (χ0) is 55.4. The van der Waals surface area contributed by atoms with Gasteiger partial charge in [0.15, 0.2) is 0 Å². The Labute approximate surface area is 440 Å². The molecule has 414 valence electrons. The van der Waals surface area contributed by atoms with Crippen LogP contribution in [0.5, 0.6) is 0 Å². The average Bonchev–Trinajstić information content (AvgIpc) is 3.97. The van der Waals surface area contributed by atoms with Crippen molar-refractivity contribution in [2.75, 3.05) is 48.5 Å². The van der Waals surface area contributed by atoms with E-state index in [4.69, 9.17) is 14.2 Å². The number of imide groups is 1. The van der Waals surface area contributed by atoms with Gasteiger partial charge < -0.3 is 34.6 Å². The molecule has 7 amide bonds. The lowest BCUT2D eigenvalue weighted by molar-refractivity contribution is -0.152. The number of carbonyl (C=O) groups excluding carboxylic acids is 8. The standard InChI is InChI=1S/C55H88N8O11/c1-15-36(6)50(61(12)55(71)48(34(2)3)57-54(70)49(35(4)5)60(10)11)42(72-13)33-46(67)62-32-22-25-41(62)51(73-14)38(8)53(69)56-39(9)52(40-23-18-16-19-24-40)74-47(68)30-27-37(7)58-59-43(64)26-20-17-21-31-63-44(65)28-29-45(63)66/h16,18-19,23-24,28-29,34-36,38-39,41-42,48-52H,15,17,20-22,25-27,30-33H2,1-14H3,(H,56,69)(H,57,70)(H,59,64)/b58-37+/t36-,38+,39+,41-,42+,48-,49-,50-,51+,52+/m0/s1. The van der Waals surface area contributed by atoms with Crippen LogP contribution in [0.3, 0.4) is 0 Å². The van der Waals surface area contributed by atoms with Gasteiger partial charge in [0.1, 0.15) is 12.1 Å². The van der Waals surface area contributed by atoms with Gasteiger partial charge in [0.2, 0.25) is 29.5 Å². The summed E-state index contributed by atoms with van der Waals surface area (Å²) >= 11 is 0. The van der Waals surface area contributed by atoms with Crippen LogP contribution in [-0.2, 0) is 52.6 Å². The summed E-state index contributed by atoms with van der Waals surface area (Å²) in [5.74, 6) is -3.50. The highest BCUT2D eigenvalue weighted by Gasteiger charge is 2.43. The summed E-state index contributed by atoms with van der Waals surface area (Å²) < 4.78 is 18.1. The molecule has 19 heteroatoms. The Hall–Kier alpha value is -5.53. The smallest absolute Gasteiger partial charge is 0.306 e. The number of hydrogen-bond donors (Lipinski definition) is 3. The monoisotopic (exact) mass is 1040 g/mol. The van der Waals surface area contributed by atoms with Crippen LogP contribution in [-0.4, -0.2) is 164 Å². The van der Waals surface area contributed by atoms with Crippen molar-refractivity contribution in [1.82, 2.24) is 35.7 Å². The van der Waals surface area contributed by atoms with E-state index >= 15 is 0 Å². The maximum atomic E-state index is 14.5. The molecular weight excluding hydrogens is 949 g/mol. The maximum Gasteiger partial charge on any atom is 0.306 e. The van der Waals surface area contributed by atoms with E-state index in [0.717, 1.165) is 0 Å². The second kappa shape index (κ2) is 30.7. The van der Waals surface area contributed by atoms with Crippen LogP contribution >= 0.6 is 0 Å². The minimum atomic E-state index is -0.850. The molecule has 74 heavy (non-hydrogen) atoms. The van der Waals surface area contributed by atoms with E-state index in [9.17, 15) is 38.4 Å². The Morgan fingerprint density at radius 2 is 1.46 bits per heavy atom. The van der Waals surface area contributed by atoms with Crippen molar-refractivity contribution in [1.29, 1.82) is 0 Å². The summed E-state index contributed by atoms with van der Waals surface area (Å²) in [7, 11) is 8.47. The number of rotatable bonds is 31. The molecule has 0 aliphatic carbocycles. The van der Waals surface area contributed by atoms with Gasteiger partial charge in [-0.25, -0.2) is 5.43 Å². The highest BCUT2D eigenvalue weighted by Crippen LogP contribution is 2.31. The number of carbonyl (C=O) groups is 8. The zero-order valence-corrected chi connectivity index (χ0v) is 46.7. The van der Waals surface area contributed by atoms with Gasteiger partial charge in [-0.3, -0.25) is 48.2 Å². The van der Waals surface area contributed by atoms with Crippen molar-refractivity contribution in [3.63, 3.8) is 0 Å². The molecule has 3 N–H and O–H groups in total. The first-order valence-corrected chi connectivity index (χ1v) is 26.5. The second-order valence-electron chi connectivity index (χ2n) is 20.9. The van der Waals surface area contributed by atoms with E-state index in [0.29, 0.717) is 62.9 Å². The first-order chi connectivity index (χ1) is 35.0. The number of esters is 1. The van der Waals surface area contributed by atoms with Gasteiger partial charge in [-0.1, -0.05) is 91.6 Å². The van der Waals surface area contributed by atoms with Crippen molar-refractivity contribution < 1.29 is 52.6 Å². The van der Waals surface area contributed by atoms with Crippen molar-refractivity contribution in [2.45, 2.75) is 175 Å². The summed E-state index contributed by atoms with van der Waals surface area (Å²) in [5.41, 5.74) is 3.71. The highest BCUT2D eigenvalue weighted by molar-refractivity contribution is 6.12. The normalized spacial score (nSPS) is 18.7. The number of hydrazone groups is 1. The number of benzene rings is 1. The zero-order valence-electron chi connectivity index (χ0n) is 46.7. The molecule has 1 aromatic carbocycles. The second-order valence-corrected chi connectivity index (χ2v) is 20.9. The number of methoxy groups -OCH3 is 2. The fourth-order valence-electron chi connectivity index (χ4n) is 10.1. The van der Waals surface area contributed by atoms with Gasteiger partial charge in [0.05, 0.1) is 55.1 Å². The lowest BCUT2D eigenvalue weighted by Gasteiger charge is -2.41. The van der Waals surface area contributed by atoms with Crippen molar-refractivity contribution in [3.05, 3.63) is 48.0 Å². The Balaban J connectivity index is 1.65. The third-order valence-corrected chi connectivity index (χ3v) is 14.4. The molecule has 0 spiro atoms. The fourth-order valence-corrected chi connectivity index (χ4v) is 10.1. The minimum Gasteiger partial charge on any atom is -0.455 e. The molecule has 19 nitrogen and oxygen atoms in total. The number of likely N-dealkylation sites (N-methyl/N-ethyl adjacent to an activating group) is 2. The fraction of sp³-hybridized carbons (Fsp3) is 0.691. The molecule has 1 fully saturated rings. The molecule has 0 saturated carbocycles. The third kappa shape index (κ3) is 18.1. The first kappa shape index (κ1) is 62.8. The lowest BCUT2D eigenvalue weighted by Crippen LogP contribution is -2.59. The largest absolute Gasteiger partial charge is 0.455 e. The Morgan fingerprint density at radius 3 is 2.03 bits per heavy atom. The topological polar surface area (TPSA) is 226 Å². The van der Waals surface area contributed by atoms with E-state index in [1.54, 1.807) is 44.7 Å². The average molecular weight is 1040 g/mol. The van der Waals surface area contributed by atoms with Gasteiger partial charge in [0.25, 0.3) is 11.8 Å². The summed E-state index contributed by atoms with van der Waals surface area (Å²) in [5, 5.41) is 10.2. The summed E-state index contributed by atoms with van der Waals surface area (Å²) in [6.45, 7) is 17.8. The number of likely N-dealkylation sites (tertiary alicyclic amines) is 1. The summed E-state index contributed by atoms with van der Waals surface area (Å²) in [6.07, 6.45) is 4.41. The molecule has 1 saturated heterocycles. The summed E-state index contributed by atoms with van der Waals surface area (Å²) in [4.78, 5) is 112. The quantitative estimate of drug-likeness (QED) is 0.0288. The predicted octanol–water partition coefficient (Wildman–Crippen LogP) is 5.18. The molecule has 10 atom stereocenters. The molecule has 3 rings (SSSR count). The molecule has 0 aromatic heterocycles. The van der Waals surface area contributed by atoms with E-state index in [-0.39, 0.29) is 84.8 Å². The lowest BCUT2D eigenvalue weighted by atomic mass is 9.89. The van der Waals surface area contributed by atoms with Gasteiger partial charge >= 0.3 is 5.97 Å². The first-order valence-electron chi connectivity index (χ1n) is 26.5. The van der Waals surface area contributed by atoms with Crippen LogP contribution < -0.4 is 16.1 Å². The van der Waals surface area contributed by atoms with Crippen LogP contribution in [0, 0.1) is 23.7 Å². The van der Waals surface area contributed by atoms with Crippen molar-refractivity contribution >= 4 is 53.0 Å². The molecular formula is C55H88N8O11. The Morgan fingerprint density at radius 1 is 0.811 bits per heavy atom. The Bertz CT molecular complexity index is 2070. The van der Waals surface area contributed by atoms with Gasteiger partial charge in [-0.15, -0.1) is 0 Å². The SMILES string of the molecule is CC[C@H](C)[C@@H]([C@@H](CC(=O)N1CCC[C@H]1[C@H](OC)[C@@H](C)C(=O)N[C@H](C)[C@@H](OC(=O)CC/C(C)=N/NC(=O)CCCCCN1C(=O)C=CC1=O)c1ccccc1)OC)N(C)C(=O)[C@@H](NC(=O)[C@H](C(C)C)N(C)C)C(C)C. The number of hydrogen-bond acceptors (Lipinski definition) is 13. The Kier molecular flexibility index (Phi) is 26.1. The minimum absolute atomic E-state index is 0.0160. The van der Waals surface area contributed by atoms with Crippen LogP contribution in [0.25, 0.3) is 0 Å². The molecule has 2 aliphatic rings. The van der Waals surface area contributed by atoms with Crippen molar-refractivity contribution in [2.24, 2.45) is 28.8 Å². The van der Waals surface area contributed by atoms with E-state index in [1.807, 2.05) is 90.9 Å². The number of amides is 7. The van der Waals surface area contributed by atoms with E-state index in [2.05, 4.69) is 21.2 Å². The van der Waals surface area contributed by atoms with Gasteiger partial charge in [-0.05, 0) is 83.4 Å². The van der Waals surface area contributed by atoms with Crippen LogP contribution in [0.15, 0.2) is 47.6 Å². The van der Waals surface area contributed by atoms with Crippen LogP contribution in [0.4, 0.5) is 0 Å². The molecule has 0 unspecified atom stereocenters. The molecule has 2 aliphatic heterocycles. The van der Waals surface area contributed by atoms with Crippen molar-refractivity contribution in [3.8, 4) is 0 Å². The van der Waals surface area contributed by atoms with E-state index < -0.39 is 60.4 Å². The van der Waals surface area contributed by atoms with E-state index in [1.165, 1.54) is 24.2 Å². The molecule has 1 aromatic rings. The molecule has 0 bridgehead atoms. The van der Waals surface area contributed by atoms with Gasteiger partial charge in [0, 0.05) is 58.6 Å². The number of nitrogens with zero attached hydrogens (tertiary/aromatic N) is 5. The highest BCUT2D eigenvalue weighted by atomic mass is 16.5. The number of ether oxygens (including phenoxy) is 3.